The highest BCUT2D eigenvalue weighted by molar-refractivity contribution is 9.09. The standard InChI is InChI=1S/C7H7BrFN/c8-7(10)5-2-1-3-6(9)4-5/h1-4,7H,10H2. The zero-order valence-corrected chi connectivity index (χ0v) is 6.81. The first kappa shape index (κ1) is 7.69. The van der Waals surface area contributed by atoms with Gasteiger partial charge in [-0.15, -0.1) is 0 Å². The Hall–Kier alpha value is -0.410. The zero-order chi connectivity index (χ0) is 7.56. The molecule has 0 aromatic heterocycles. The van der Waals surface area contributed by atoms with Crippen LogP contribution in [-0.4, -0.2) is 0 Å². The van der Waals surface area contributed by atoms with Gasteiger partial charge in [0.15, 0.2) is 0 Å². The van der Waals surface area contributed by atoms with Gasteiger partial charge in [0.1, 0.15) is 5.82 Å². The molecule has 10 heavy (non-hydrogen) atoms. The Bertz CT molecular complexity index is 225. The fraction of sp³-hybridized carbons (Fsp3) is 0.143. The Morgan fingerprint density at radius 2 is 2.20 bits per heavy atom. The second-order valence-corrected chi connectivity index (χ2v) is 2.94. The van der Waals surface area contributed by atoms with Gasteiger partial charge in [-0.1, -0.05) is 28.1 Å². The number of hydrogen-bond acceptors (Lipinski definition) is 1. The van der Waals surface area contributed by atoms with Crippen molar-refractivity contribution in [2.45, 2.75) is 4.95 Å². The summed E-state index contributed by atoms with van der Waals surface area (Å²) in [5.74, 6) is -0.257. The van der Waals surface area contributed by atoms with Crippen molar-refractivity contribution >= 4 is 15.9 Å². The van der Waals surface area contributed by atoms with Crippen LogP contribution in [0.2, 0.25) is 0 Å². The molecular formula is C7H7BrFN. The quantitative estimate of drug-likeness (QED) is 0.550. The van der Waals surface area contributed by atoms with Crippen LogP contribution in [0.4, 0.5) is 4.39 Å². The van der Waals surface area contributed by atoms with Crippen LogP contribution in [0.25, 0.3) is 0 Å². The Labute approximate surface area is 67.2 Å². The summed E-state index contributed by atoms with van der Waals surface area (Å²) in [5, 5.41) is 0. The van der Waals surface area contributed by atoms with E-state index in [4.69, 9.17) is 5.73 Å². The van der Waals surface area contributed by atoms with Crippen molar-refractivity contribution in [3.05, 3.63) is 35.6 Å². The molecule has 0 spiro atoms. The van der Waals surface area contributed by atoms with Gasteiger partial charge in [0.2, 0.25) is 0 Å². The Kier molecular flexibility index (Phi) is 2.40. The van der Waals surface area contributed by atoms with Crippen molar-refractivity contribution in [1.29, 1.82) is 0 Å². The van der Waals surface area contributed by atoms with Gasteiger partial charge in [-0.2, -0.15) is 0 Å². The van der Waals surface area contributed by atoms with E-state index in [1.807, 2.05) is 0 Å². The molecule has 0 aliphatic rings. The predicted octanol–water partition coefficient (Wildman–Crippen LogP) is 2.18. The van der Waals surface area contributed by atoms with Crippen molar-refractivity contribution in [1.82, 2.24) is 0 Å². The molecule has 0 heterocycles. The number of rotatable bonds is 1. The largest absolute Gasteiger partial charge is 0.315 e. The molecule has 1 rings (SSSR count). The topological polar surface area (TPSA) is 26.0 Å². The van der Waals surface area contributed by atoms with E-state index < -0.39 is 0 Å². The molecular weight excluding hydrogens is 197 g/mol. The second kappa shape index (κ2) is 3.12. The molecule has 1 nitrogen and oxygen atoms in total. The van der Waals surface area contributed by atoms with Gasteiger partial charge in [-0.25, -0.2) is 4.39 Å². The summed E-state index contributed by atoms with van der Waals surface area (Å²) in [5.41, 5.74) is 6.18. The third-order valence-corrected chi connectivity index (χ3v) is 1.70. The third kappa shape index (κ3) is 1.78. The van der Waals surface area contributed by atoms with Gasteiger partial charge in [-0.05, 0) is 17.7 Å². The van der Waals surface area contributed by atoms with E-state index in [9.17, 15) is 4.39 Å². The maximum atomic E-state index is 12.5. The first-order valence-electron chi connectivity index (χ1n) is 2.85. The van der Waals surface area contributed by atoms with E-state index in [0.29, 0.717) is 0 Å². The number of benzene rings is 1. The van der Waals surface area contributed by atoms with Crippen molar-refractivity contribution in [2.75, 3.05) is 0 Å². The lowest BCUT2D eigenvalue weighted by molar-refractivity contribution is 0.625. The van der Waals surface area contributed by atoms with Crippen LogP contribution >= 0.6 is 15.9 Å². The molecule has 3 heteroatoms. The maximum Gasteiger partial charge on any atom is 0.123 e. The van der Waals surface area contributed by atoms with Crippen molar-refractivity contribution in [3.63, 3.8) is 0 Å². The molecule has 0 aliphatic heterocycles. The van der Waals surface area contributed by atoms with Crippen LogP contribution in [-0.2, 0) is 0 Å². The zero-order valence-electron chi connectivity index (χ0n) is 5.22. The minimum absolute atomic E-state index is 0.257. The Morgan fingerprint density at radius 3 is 2.60 bits per heavy atom. The van der Waals surface area contributed by atoms with Gasteiger partial charge in [0.25, 0.3) is 0 Å². The van der Waals surface area contributed by atoms with Crippen LogP contribution in [0.15, 0.2) is 24.3 Å². The monoisotopic (exact) mass is 203 g/mol. The van der Waals surface area contributed by atoms with Gasteiger partial charge in [0, 0.05) is 0 Å². The molecule has 0 bridgehead atoms. The highest BCUT2D eigenvalue weighted by Gasteiger charge is 1.99. The van der Waals surface area contributed by atoms with E-state index >= 15 is 0 Å². The smallest absolute Gasteiger partial charge is 0.123 e. The maximum absolute atomic E-state index is 12.5. The fourth-order valence-corrected chi connectivity index (χ4v) is 0.963. The van der Waals surface area contributed by atoms with Crippen LogP contribution in [0.1, 0.15) is 10.5 Å². The van der Waals surface area contributed by atoms with E-state index in [0.717, 1.165) is 5.56 Å². The van der Waals surface area contributed by atoms with Crippen molar-refractivity contribution in [2.24, 2.45) is 5.73 Å². The lowest BCUT2D eigenvalue weighted by atomic mass is 10.2. The average molecular weight is 204 g/mol. The molecule has 1 aromatic rings. The van der Waals surface area contributed by atoms with Crippen LogP contribution in [0, 0.1) is 5.82 Å². The Balaban J connectivity index is 2.96. The molecule has 1 unspecified atom stereocenters. The highest BCUT2D eigenvalue weighted by Crippen LogP contribution is 2.16. The van der Waals surface area contributed by atoms with Crippen LogP contribution in [0.3, 0.4) is 0 Å². The first-order valence-corrected chi connectivity index (χ1v) is 3.77. The van der Waals surface area contributed by atoms with E-state index in [-0.39, 0.29) is 10.8 Å². The molecule has 54 valence electrons. The lowest BCUT2D eigenvalue weighted by Crippen LogP contribution is -2.00. The van der Waals surface area contributed by atoms with Gasteiger partial charge in [0.05, 0.1) is 4.95 Å². The summed E-state index contributed by atoms with van der Waals surface area (Å²) in [4.78, 5) is -0.275. The van der Waals surface area contributed by atoms with Gasteiger partial charge >= 0.3 is 0 Å². The molecule has 0 radical (unpaired) electrons. The lowest BCUT2D eigenvalue weighted by Gasteiger charge is -2.01. The summed E-state index contributed by atoms with van der Waals surface area (Å²) in [6, 6.07) is 6.19. The number of nitrogens with two attached hydrogens (primary N) is 1. The first-order chi connectivity index (χ1) is 4.70. The summed E-state index contributed by atoms with van der Waals surface area (Å²) < 4.78 is 12.5. The summed E-state index contributed by atoms with van der Waals surface area (Å²) >= 11 is 3.13. The molecule has 1 atom stereocenters. The van der Waals surface area contributed by atoms with E-state index in [1.165, 1.54) is 12.1 Å². The van der Waals surface area contributed by atoms with Crippen molar-refractivity contribution < 1.29 is 4.39 Å². The molecule has 1 aromatic carbocycles. The Morgan fingerprint density at radius 1 is 1.50 bits per heavy atom. The van der Waals surface area contributed by atoms with E-state index in [2.05, 4.69) is 15.9 Å². The average Bonchev–Trinajstić information content (AvgIpc) is 1.88. The number of alkyl halides is 1. The summed E-state index contributed by atoms with van der Waals surface area (Å²) in [7, 11) is 0. The minimum Gasteiger partial charge on any atom is -0.315 e. The minimum atomic E-state index is -0.275. The molecule has 0 saturated carbocycles. The fourth-order valence-electron chi connectivity index (χ4n) is 0.678. The summed E-state index contributed by atoms with van der Waals surface area (Å²) in [6.45, 7) is 0. The van der Waals surface area contributed by atoms with E-state index in [1.54, 1.807) is 12.1 Å². The molecule has 0 aliphatic carbocycles. The molecule has 2 N–H and O–H groups in total. The number of hydrogen-bond donors (Lipinski definition) is 1. The number of halogens is 2. The molecule has 0 amide bonds. The second-order valence-electron chi connectivity index (χ2n) is 1.96. The van der Waals surface area contributed by atoms with Gasteiger partial charge < -0.3 is 5.73 Å². The normalized spacial score (nSPS) is 13.1. The predicted molar refractivity (Wildman–Crippen MR) is 42.3 cm³/mol. The highest BCUT2D eigenvalue weighted by atomic mass is 79.9. The SMILES string of the molecule is NC(Br)c1cccc(F)c1. The third-order valence-electron chi connectivity index (χ3n) is 1.17. The van der Waals surface area contributed by atoms with Crippen LogP contribution in [0.5, 0.6) is 0 Å². The molecule has 0 fully saturated rings. The van der Waals surface area contributed by atoms with Gasteiger partial charge in [-0.3, -0.25) is 0 Å². The molecule has 0 saturated heterocycles. The van der Waals surface area contributed by atoms with Crippen molar-refractivity contribution in [3.8, 4) is 0 Å². The van der Waals surface area contributed by atoms with Crippen LogP contribution < -0.4 is 5.73 Å². The summed E-state index contributed by atoms with van der Waals surface area (Å²) in [6.07, 6.45) is 0.